The molecule has 8 aromatic rings. The van der Waals surface area contributed by atoms with E-state index in [4.69, 9.17) is 33.6 Å². The van der Waals surface area contributed by atoms with Crippen molar-refractivity contribution in [3.05, 3.63) is 173 Å². The van der Waals surface area contributed by atoms with Gasteiger partial charge in [-0.25, -0.2) is 9.31 Å². The summed E-state index contributed by atoms with van der Waals surface area (Å²) < 4.78 is 30.4. The summed E-state index contributed by atoms with van der Waals surface area (Å²) in [4.78, 5) is 85.8. The number of carbonyl (C=O) groups excluding carboxylic acids is 5. The van der Waals surface area contributed by atoms with Gasteiger partial charge in [-0.3, -0.25) is 39.0 Å². The monoisotopic (exact) mass is 1200 g/mol. The number of fused-ring (bicyclic) bond motifs is 4. The number of amides is 5. The van der Waals surface area contributed by atoms with E-state index in [1.54, 1.807) is 16.6 Å². The van der Waals surface area contributed by atoms with Gasteiger partial charge in [-0.2, -0.15) is 5.10 Å². The van der Waals surface area contributed by atoms with Crippen LogP contribution in [-0.2, 0) is 35.0 Å². The highest BCUT2D eigenvalue weighted by molar-refractivity contribution is 6.25. The van der Waals surface area contributed by atoms with Gasteiger partial charge >= 0.3 is 5.97 Å². The molecule has 0 aliphatic carbocycles. The molecule has 0 radical (unpaired) electrons. The molecule has 0 saturated carbocycles. The number of benzene rings is 6. The third kappa shape index (κ3) is 16.9. The second-order valence-electron chi connectivity index (χ2n) is 20.3. The average Bonchev–Trinajstić information content (AvgIpc) is 1.69. The van der Waals surface area contributed by atoms with Gasteiger partial charge in [0.15, 0.2) is 5.69 Å². The first-order valence-electron chi connectivity index (χ1n) is 29.5. The highest BCUT2D eigenvalue weighted by Gasteiger charge is 2.45. The number of aromatic carboxylic acids is 1. The Kier molecular flexibility index (Phi) is 24.7. The lowest BCUT2D eigenvalue weighted by Gasteiger charge is -2.27. The lowest BCUT2D eigenvalue weighted by molar-refractivity contribution is -0.136. The average molecular weight is 1200 g/mol. The van der Waals surface area contributed by atoms with Crippen molar-refractivity contribution in [2.24, 2.45) is 0 Å². The lowest BCUT2D eigenvalue weighted by Crippen LogP contribution is -2.54. The quantitative estimate of drug-likeness (QED) is 0.0263. The van der Waals surface area contributed by atoms with Crippen molar-refractivity contribution < 1.29 is 67.5 Å². The van der Waals surface area contributed by atoms with Gasteiger partial charge in [0.2, 0.25) is 11.8 Å². The zero-order valence-electron chi connectivity index (χ0n) is 50.5. The molecule has 6 aromatic carbocycles. The molecule has 2 aliphatic heterocycles. The molecule has 0 spiro atoms. The van der Waals surface area contributed by atoms with Crippen LogP contribution in [0.4, 0.5) is 5.69 Å². The molecule has 1 saturated heterocycles. The number of pyridine rings is 1. The minimum atomic E-state index is -1.10. The number of aliphatic carboxylic acids is 1. The van der Waals surface area contributed by atoms with Crippen LogP contribution >= 0.6 is 0 Å². The normalized spacial score (nSPS) is 13.3. The van der Waals surface area contributed by atoms with Crippen molar-refractivity contribution in [1.29, 1.82) is 0 Å². The first-order valence-corrected chi connectivity index (χ1v) is 29.5. The molecule has 1 fully saturated rings. The van der Waals surface area contributed by atoms with Crippen molar-refractivity contribution in [2.75, 3.05) is 71.3 Å². The summed E-state index contributed by atoms with van der Waals surface area (Å²) in [5.74, 6) is -2.66. The molecular formula is C68H76N6O14. The van der Waals surface area contributed by atoms with Crippen LogP contribution in [-0.4, -0.2) is 138 Å². The summed E-state index contributed by atoms with van der Waals surface area (Å²) >= 11 is 0. The second kappa shape index (κ2) is 32.9. The van der Waals surface area contributed by atoms with Crippen molar-refractivity contribution in [3.8, 4) is 22.8 Å². The molecule has 88 heavy (non-hydrogen) atoms. The number of hydrogen-bond acceptors (Lipinski definition) is 14. The number of rotatable bonds is 25. The number of piperidine rings is 1. The predicted molar refractivity (Wildman–Crippen MR) is 336 cm³/mol. The Morgan fingerprint density at radius 2 is 1.22 bits per heavy atom. The number of aryl methyl sites for hydroxylation is 3. The fourth-order valence-electron chi connectivity index (χ4n) is 10.3. The van der Waals surface area contributed by atoms with Crippen molar-refractivity contribution in [2.45, 2.75) is 79.7 Å². The summed E-state index contributed by atoms with van der Waals surface area (Å²) in [6.45, 7) is 14.7. The van der Waals surface area contributed by atoms with E-state index in [0.717, 1.165) is 69.5 Å². The lowest BCUT2D eigenvalue weighted by atomic mass is 9.96. The van der Waals surface area contributed by atoms with Crippen LogP contribution in [0.25, 0.3) is 38.3 Å². The number of carbonyl (C=O) groups is 7. The topological polar surface area (TPSA) is 263 Å². The van der Waals surface area contributed by atoms with Gasteiger partial charge in [0, 0.05) is 59.6 Å². The third-order valence-corrected chi connectivity index (χ3v) is 14.1. The number of anilines is 1. The molecule has 0 bridgehead atoms. The molecule has 1 unspecified atom stereocenters. The molecule has 2 aromatic heterocycles. The van der Waals surface area contributed by atoms with Crippen LogP contribution in [0.2, 0.25) is 0 Å². The van der Waals surface area contributed by atoms with Crippen LogP contribution in [0.15, 0.2) is 133 Å². The Balaban J connectivity index is 0.000000470. The molecule has 20 nitrogen and oxygen atoms in total. The van der Waals surface area contributed by atoms with E-state index in [-0.39, 0.29) is 48.7 Å². The molecule has 1 atom stereocenters. The highest BCUT2D eigenvalue weighted by Crippen LogP contribution is 2.34. The minimum Gasteiger partial charge on any atom is -0.493 e. The molecule has 5 N–H and O–H groups in total. The largest absolute Gasteiger partial charge is 0.493 e. The van der Waals surface area contributed by atoms with Crippen molar-refractivity contribution >= 4 is 74.2 Å². The Morgan fingerprint density at radius 3 is 1.82 bits per heavy atom. The Morgan fingerprint density at radius 1 is 0.659 bits per heavy atom. The SMILES string of the molecule is CC.CC(=O)O.CCCOc1cccc2ccccc12.Cc1cc(C(=O)NCCOCCOCCOCCNc2cccc3c2C(=O)N(C2CCC(=O)NC2=O)C3=O)cc(C)c1-c1cccc2c(CCCOc3cccc4ccccc34)c(C(=O)O)nn12. The predicted octanol–water partition coefficient (Wildman–Crippen LogP) is 10.5. The van der Waals surface area contributed by atoms with Gasteiger partial charge in [-0.15, -0.1) is 0 Å². The van der Waals surface area contributed by atoms with Gasteiger partial charge < -0.3 is 44.5 Å². The van der Waals surface area contributed by atoms with E-state index >= 15 is 0 Å². The standard InChI is InChI=1S/C51H52N6O11.C13H14O.C2H4O2.C2H6/c1-31-29-34(30-32(2)44(31)40-16-7-15-39-36(46(51(63)64)55-57(39)40)13-8-22-68-42-17-5-10-33-9-3-4-11-35(33)42)47(59)53-21-24-66-26-28-67-27-25-65-23-20-52-38-14-6-12-37-45(38)50(62)56(49(37)61)41-18-19-43(58)54-48(41)60;1-2-10-14-13-9-5-7-11-6-3-4-8-12(11)13;1-2(3)4;1-2/h3-7,9-12,14-17,29-30,41,52H,8,13,18-28H2,1-2H3,(H,53,59)(H,63,64)(H,54,58,60);3-9H,2,10H2,1H3;1H3,(H,3,4);1-2H3. The van der Waals surface area contributed by atoms with E-state index in [9.17, 15) is 33.9 Å². The van der Waals surface area contributed by atoms with Crippen molar-refractivity contribution in [1.82, 2.24) is 25.1 Å². The molecule has 462 valence electrons. The van der Waals surface area contributed by atoms with E-state index in [1.807, 2.05) is 125 Å². The number of imide groups is 2. The summed E-state index contributed by atoms with van der Waals surface area (Å²) in [5.41, 5.74) is 5.90. The van der Waals surface area contributed by atoms with Gasteiger partial charge in [-0.05, 0) is 110 Å². The van der Waals surface area contributed by atoms with Gasteiger partial charge in [-0.1, -0.05) is 106 Å². The van der Waals surface area contributed by atoms with E-state index < -0.39 is 41.6 Å². The Hall–Kier alpha value is -9.50. The number of nitrogens with one attached hydrogen (secondary N) is 3. The number of hydrogen-bond donors (Lipinski definition) is 5. The fourth-order valence-corrected chi connectivity index (χ4v) is 10.3. The zero-order valence-corrected chi connectivity index (χ0v) is 50.5. The summed E-state index contributed by atoms with van der Waals surface area (Å²) in [6, 6.07) is 41.5. The zero-order chi connectivity index (χ0) is 63.1. The maximum Gasteiger partial charge on any atom is 0.356 e. The minimum absolute atomic E-state index is 0.00379. The number of carboxylic acids is 2. The Labute approximate surface area is 511 Å². The maximum absolute atomic E-state index is 13.3. The van der Waals surface area contributed by atoms with Crippen LogP contribution in [0.3, 0.4) is 0 Å². The van der Waals surface area contributed by atoms with Crippen LogP contribution < -0.4 is 25.4 Å². The first-order chi connectivity index (χ1) is 42.7. The summed E-state index contributed by atoms with van der Waals surface area (Å²) in [5, 5.41) is 34.9. The molecule has 2 aliphatic rings. The second-order valence-corrected chi connectivity index (χ2v) is 20.3. The molecule has 4 heterocycles. The molecule has 5 amide bonds. The van der Waals surface area contributed by atoms with Gasteiger partial charge in [0.1, 0.15) is 17.5 Å². The van der Waals surface area contributed by atoms with Crippen LogP contribution in [0.5, 0.6) is 11.5 Å². The molecule has 20 heteroatoms. The van der Waals surface area contributed by atoms with Crippen LogP contribution in [0, 0.1) is 13.8 Å². The first kappa shape index (κ1) is 66.0. The third-order valence-electron chi connectivity index (χ3n) is 14.1. The number of ether oxygens (including phenoxy) is 5. The summed E-state index contributed by atoms with van der Waals surface area (Å²) in [7, 11) is 0. The molecular weight excluding hydrogens is 1120 g/mol. The van der Waals surface area contributed by atoms with E-state index in [1.165, 1.54) is 16.8 Å². The van der Waals surface area contributed by atoms with Crippen LogP contribution in [0.1, 0.15) is 112 Å². The number of aromatic nitrogens is 2. The highest BCUT2D eigenvalue weighted by atomic mass is 16.5. The maximum atomic E-state index is 13.3. The van der Waals surface area contributed by atoms with Gasteiger partial charge in [0.25, 0.3) is 23.7 Å². The Bertz CT molecular complexity index is 3730. The fraction of sp³-hybridized carbons (Fsp3) is 0.324. The van der Waals surface area contributed by atoms with Crippen molar-refractivity contribution in [3.63, 3.8) is 0 Å². The van der Waals surface area contributed by atoms with E-state index in [2.05, 4.69) is 46.2 Å². The smallest absolute Gasteiger partial charge is 0.356 e. The number of nitrogens with zero attached hydrogens (tertiary/aromatic N) is 3. The van der Waals surface area contributed by atoms with Gasteiger partial charge in [0.05, 0.1) is 75.2 Å². The van der Waals surface area contributed by atoms with E-state index in [0.29, 0.717) is 81.4 Å². The molecule has 10 rings (SSSR count). The number of carboxylic acid groups (broad SMARTS) is 2. The summed E-state index contributed by atoms with van der Waals surface area (Å²) in [6.07, 6.45) is 2.21.